The van der Waals surface area contributed by atoms with E-state index in [0.717, 1.165) is 62.3 Å². The third-order valence-electron chi connectivity index (χ3n) is 6.87. The maximum absolute atomic E-state index is 6.42. The van der Waals surface area contributed by atoms with Crippen LogP contribution in [0.1, 0.15) is 36.7 Å². The number of hydrogen-bond donors (Lipinski definition) is 0. The topological polar surface area (TPSA) is 55.7 Å². The van der Waals surface area contributed by atoms with Gasteiger partial charge in [0, 0.05) is 58.1 Å². The highest BCUT2D eigenvalue weighted by Crippen LogP contribution is 2.36. The van der Waals surface area contributed by atoms with E-state index < -0.39 is 0 Å². The molecule has 0 saturated carbocycles. The second kappa shape index (κ2) is 9.43. The molecule has 5 rings (SSSR count). The highest BCUT2D eigenvalue weighted by molar-refractivity contribution is 5.47. The first-order chi connectivity index (χ1) is 16.1. The van der Waals surface area contributed by atoms with E-state index in [1.165, 1.54) is 18.5 Å². The number of methoxy groups -OCH3 is 1. The van der Waals surface area contributed by atoms with Crippen LogP contribution in [0.3, 0.4) is 0 Å². The fraction of sp³-hybridized carbons (Fsp3) is 0.462. The number of anilines is 1. The lowest BCUT2D eigenvalue weighted by Crippen LogP contribution is -2.36. The third-order valence-corrected chi connectivity index (χ3v) is 6.87. The molecule has 1 fully saturated rings. The van der Waals surface area contributed by atoms with E-state index >= 15 is 0 Å². The van der Waals surface area contributed by atoms with Gasteiger partial charge < -0.3 is 18.9 Å². The van der Waals surface area contributed by atoms with E-state index in [1.807, 2.05) is 24.3 Å². The average molecular weight is 448 g/mol. The number of aryl methyl sites for hydroxylation is 1. The van der Waals surface area contributed by atoms with E-state index in [1.54, 1.807) is 7.11 Å². The van der Waals surface area contributed by atoms with Crippen LogP contribution in [-0.4, -0.2) is 46.2 Å². The Labute approximate surface area is 196 Å². The van der Waals surface area contributed by atoms with Crippen molar-refractivity contribution in [1.29, 1.82) is 0 Å². The summed E-state index contributed by atoms with van der Waals surface area (Å²) in [5.41, 5.74) is 3.48. The number of rotatable bonds is 6. The number of piperidine rings is 1. The molecule has 2 aromatic heterocycles. The molecule has 0 amide bonds. The number of nitrogens with zero attached hydrogens (tertiary/aromatic N) is 5. The number of fused-ring (bicyclic) bond motifs is 1. The van der Waals surface area contributed by atoms with E-state index in [0.29, 0.717) is 17.4 Å². The van der Waals surface area contributed by atoms with Crippen molar-refractivity contribution in [2.75, 3.05) is 31.6 Å². The molecule has 0 atom stereocenters. The fourth-order valence-electron chi connectivity index (χ4n) is 4.69. The first kappa shape index (κ1) is 21.8. The van der Waals surface area contributed by atoms with Gasteiger partial charge in [-0.3, -0.25) is 4.90 Å². The molecule has 1 aromatic carbocycles. The summed E-state index contributed by atoms with van der Waals surface area (Å²) < 4.78 is 14.1. The van der Waals surface area contributed by atoms with Crippen LogP contribution in [0.5, 0.6) is 17.4 Å². The van der Waals surface area contributed by atoms with Crippen LogP contribution < -0.4 is 14.4 Å². The fourth-order valence-corrected chi connectivity index (χ4v) is 4.69. The third kappa shape index (κ3) is 4.69. The Hall–Kier alpha value is -3.06. The summed E-state index contributed by atoms with van der Waals surface area (Å²) in [4.78, 5) is 14.7. The van der Waals surface area contributed by atoms with Crippen molar-refractivity contribution in [1.82, 2.24) is 19.4 Å². The molecule has 0 unspecified atom stereocenters. The Balaban J connectivity index is 1.47. The number of ether oxygens (including phenoxy) is 2. The van der Waals surface area contributed by atoms with Gasteiger partial charge in [0.05, 0.1) is 18.4 Å². The molecular weight excluding hydrogens is 414 g/mol. The lowest BCUT2D eigenvalue weighted by atomic mass is 9.99. The van der Waals surface area contributed by atoms with Crippen molar-refractivity contribution in [2.24, 2.45) is 13.0 Å². The summed E-state index contributed by atoms with van der Waals surface area (Å²) in [6.45, 7) is 6.94. The molecule has 3 aromatic rings. The summed E-state index contributed by atoms with van der Waals surface area (Å²) in [6.07, 6.45) is 5.33. The van der Waals surface area contributed by atoms with Gasteiger partial charge in [0.25, 0.3) is 0 Å². The van der Waals surface area contributed by atoms with Crippen LogP contribution in [0.15, 0.2) is 42.6 Å². The molecule has 0 aliphatic carbocycles. The zero-order chi connectivity index (χ0) is 22.8. The zero-order valence-corrected chi connectivity index (χ0v) is 19.8. The molecule has 7 nitrogen and oxygen atoms in total. The van der Waals surface area contributed by atoms with Gasteiger partial charge in [-0.15, -0.1) is 0 Å². The Kier molecular flexibility index (Phi) is 6.22. The van der Waals surface area contributed by atoms with Gasteiger partial charge in [-0.05, 0) is 43.0 Å². The second-order valence-corrected chi connectivity index (χ2v) is 9.25. The van der Waals surface area contributed by atoms with Crippen LogP contribution in [0.2, 0.25) is 0 Å². The minimum absolute atomic E-state index is 0.648. The lowest BCUT2D eigenvalue weighted by molar-refractivity contribution is 0.233. The molecule has 2 aliphatic heterocycles. The van der Waals surface area contributed by atoms with Crippen LogP contribution in [0.4, 0.5) is 5.95 Å². The van der Waals surface area contributed by atoms with Crippen molar-refractivity contribution in [2.45, 2.75) is 39.3 Å². The van der Waals surface area contributed by atoms with Crippen LogP contribution in [-0.2, 0) is 26.6 Å². The van der Waals surface area contributed by atoms with Gasteiger partial charge in [0.2, 0.25) is 11.8 Å². The van der Waals surface area contributed by atoms with Gasteiger partial charge in [-0.1, -0.05) is 19.1 Å². The number of benzene rings is 1. The summed E-state index contributed by atoms with van der Waals surface area (Å²) in [7, 11) is 3.76. The number of hydrogen-bond acceptors (Lipinski definition) is 6. The van der Waals surface area contributed by atoms with E-state index in [9.17, 15) is 0 Å². The van der Waals surface area contributed by atoms with E-state index in [4.69, 9.17) is 19.4 Å². The molecule has 2 aliphatic rings. The number of para-hydroxylation sites is 2. The summed E-state index contributed by atoms with van der Waals surface area (Å²) in [5.74, 6) is 3.58. The molecule has 0 radical (unpaired) electrons. The van der Waals surface area contributed by atoms with Crippen molar-refractivity contribution < 1.29 is 9.47 Å². The smallest absolute Gasteiger partial charge is 0.229 e. The number of aromatic nitrogens is 3. The Bertz CT molecular complexity index is 1100. The first-order valence-electron chi connectivity index (χ1n) is 11.9. The maximum Gasteiger partial charge on any atom is 0.229 e. The average Bonchev–Trinajstić information content (AvgIpc) is 3.24. The van der Waals surface area contributed by atoms with Crippen molar-refractivity contribution >= 4 is 5.95 Å². The molecule has 7 heteroatoms. The summed E-state index contributed by atoms with van der Waals surface area (Å²) in [5, 5.41) is 0. The minimum atomic E-state index is 0.648. The minimum Gasteiger partial charge on any atom is -0.493 e. The van der Waals surface area contributed by atoms with E-state index in [2.05, 4.69) is 46.7 Å². The standard InChI is InChI=1S/C26H33N5O2/c1-19-10-15-31(16-11-19)26-27-22-12-14-30(17-20-7-6-13-29(20)2)18-21(22)25(28-26)33-24-9-5-4-8-23(24)32-3/h4-9,13,19H,10-12,14-18H2,1-3H3. The first-order valence-corrected chi connectivity index (χ1v) is 11.9. The summed E-state index contributed by atoms with van der Waals surface area (Å²) >= 11 is 0. The molecule has 33 heavy (non-hydrogen) atoms. The van der Waals surface area contributed by atoms with Gasteiger partial charge in [0.1, 0.15) is 0 Å². The molecule has 0 spiro atoms. The SMILES string of the molecule is COc1ccccc1Oc1nc(N2CCC(C)CC2)nc2c1CN(Cc1cccn1C)CC2. The van der Waals surface area contributed by atoms with Crippen LogP contribution in [0.25, 0.3) is 0 Å². The Morgan fingerprint density at radius 1 is 1.00 bits per heavy atom. The van der Waals surface area contributed by atoms with Crippen LogP contribution >= 0.6 is 0 Å². The van der Waals surface area contributed by atoms with Gasteiger partial charge in [-0.2, -0.15) is 4.98 Å². The molecule has 0 N–H and O–H groups in total. The van der Waals surface area contributed by atoms with Gasteiger partial charge in [0.15, 0.2) is 11.5 Å². The predicted molar refractivity (Wildman–Crippen MR) is 129 cm³/mol. The highest BCUT2D eigenvalue weighted by Gasteiger charge is 2.27. The van der Waals surface area contributed by atoms with Crippen molar-refractivity contribution in [3.05, 3.63) is 59.5 Å². The molecule has 174 valence electrons. The molecule has 1 saturated heterocycles. The lowest BCUT2D eigenvalue weighted by Gasteiger charge is -2.33. The Morgan fingerprint density at radius 3 is 2.52 bits per heavy atom. The maximum atomic E-state index is 6.42. The normalized spacial score (nSPS) is 17.1. The predicted octanol–water partition coefficient (Wildman–Crippen LogP) is 4.41. The van der Waals surface area contributed by atoms with Gasteiger partial charge >= 0.3 is 0 Å². The molecule has 0 bridgehead atoms. The van der Waals surface area contributed by atoms with Crippen molar-refractivity contribution in [3.8, 4) is 17.4 Å². The Morgan fingerprint density at radius 2 is 1.79 bits per heavy atom. The largest absolute Gasteiger partial charge is 0.493 e. The zero-order valence-electron chi connectivity index (χ0n) is 19.8. The molecular formula is C26H33N5O2. The van der Waals surface area contributed by atoms with Gasteiger partial charge in [-0.25, -0.2) is 4.98 Å². The molecule has 4 heterocycles. The monoisotopic (exact) mass is 447 g/mol. The summed E-state index contributed by atoms with van der Waals surface area (Å²) in [6, 6.07) is 12.0. The highest BCUT2D eigenvalue weighted by atomic mass is 16.5. The van der Waals surface area contributed by atoms with E-state index in [-0.39, 0.29) is 0 Å². The second-order valence-electron chi connectivity index (χ2n) is 9.25. The van der Waals surface area contributed by atoms with Crippen molar-refractivity contribution in [3.63, 3.8) is 0 Å². The quantitative estimate of drug-likeness (QED) is 0.558. The van der Waals surface area contributed by atoms with Crippen LogP contribution in [0, 0.1) is 5.92 Å².